The maximum Gasteiger partial charge on any atom is 0.240 e. The van der Waals surface area contributed by atoms with Crippen LogP contribution in [0.5, 0.6) is 0 Å². The number of nitrogens with one attached hydrogen (secondary N) is 1. The van der Waals surface area contributed by atoms with E-state index in [1.807, 2.05) is 11.0 Å². The van der Waals surface area contributed by atoms with Crippen molar-refractivity contribution in [3.8, 4) is 0 Å². The van der Waals surface area contributed by atoms with Gasteiger partial charge in [0, 0.05) is 33.5 Å². The van der Waals surface area contributed by atoms with Crippen LogP contribution in [0.1, 0.15) is 45.4 Å². The van der Waals surface area contributed by atoms with Gasteiger partial charge in [-0.25, -0.2) is 0 Å². The van der Waals surface area contributed by atoms with Crippen molar-refractivity contribution < 1.29 is 19.1 Å². The van der Waals surface area contributed by atoms with E-state index in [1.54, 1.807) is 13.2 Å². The van der Waals surface area contributed by atoms with Gasteiger partial charge in [-0.05, 0) is 32.1 Å². The second-order valence-corrected chi connectivity index (χ2v) is 6.67. The van der Waals surface area contributed by atoms with Crippen LogP contribution in [0.25, 0.3) is 0 Å². The molecule has 24 heavy (non-hydrogen) atoms. The summed E-state index contributed by atoms with van der Waals surface area (Å²) in [5.41, 5.74) is -1.06. The van der Waals surface area contributed by atoms with Crippen molar-refractivity contribution in [2.75, 3.05) is 26.8 Å². The minimum absolute atomic E-state index is 0.000826. The molecule has 2 atom stereocenters. The first-order valence-electron chi connectivity index (χ1n) is 8.76. The third-order valence-electron chi connectivity index (χ3n) is 4.94. The fourth-order valence-electron chi connectivity index (χ4n) is 3.69. The number of amides is 2. The summed E-state index contributed by atoms with van der Waals surface area (Å²) in [6.07, 6.45) is 7.75. The van der Waals surface area contributed by atoms with E-state index in [2.05, 4.69) is 5.32 Å². The molecule has 6 nitrogen and oxygen atoms in total. The molecule has 1 saturated heterocycles. The van der Waals surface area contributed by atoms with Crippen molar-refractivity contribution in [2.45, 2.75) is 51.5 Å². The van der Waals surface area contributed by atoms with Crippen LogP contribution >= 0.6 is 0 Å². The number of hydrogen-bond acceptors (Lipinski definition) is 4. The number of carbonyl (C=O) groups excluding carboxylic acids is 3. The summed E-state index contributed by atoms with van der Waals surface area (Å²) in [7, 11) is 1.63. The number of rotatable bonds is 7. The zero-order valence-electron chi connectivity index (χ0n) is 14.7. The Balaban J connectivity index is 2.14. The average molecular weight is 336 g/mol. The Kier molecular flexibility index (Phi) is 6.54. The van der Waals surface area contributed by atoms with Crippen molar-refractivity contribution in [3.05, 3.63) is 12.2 Å². The molecule has 0 unspecified atom stereocenters. The molecule has 0 radical (unpaired) electrons. The highest BCUT2D eigenvalue weighted by molar-refractivity contribution is 6.08. The second kappa shape index (κ2) is 8.42. The molecule has 0 aromatic rings. The van der Waals surface area contributed by atoms with Gasteiger partial charge in [-0.3, -0.25) is 14.4 Å². The topological polar surface area (TPSA) is 75.7 Å². The number of likely N-dealkylation sites (tertiary alicyclic amines) is 1. The van der Waals surface area contributed by atoms with Crippen LogP contribution in [-0.4, -0.2) is 55.3 Å². The van der Waals surface area contributed by atoms with Crippen molar-refractivity contribution in [1.82, 2.24) is 10.2 Å². The summed E-state index contributed by atoms with van der Waals surface area (Å²) in [5.74, 6) is -0.188. The van der Waals surface area contributed by atoms with Crippen molar-refractivity contribution >= 4 is 17.6 Å². The Hall–Kier alpha value is -1.69. The maximum absolute atomic E-state index is 13.3. The van der Waals surface area contributed by atoms with Crippen molar-refractivity contribution in [1.29, 1.82) is 0 Å². The summed E-state index contributed by atoms with van der Waals surface area (Å²) < 4.78 is 5.23. The number of nitrogens with zero attached hydrogens (tertiary/aromatic N) is 1. The highest BCUT2D eigenvalue weighted by atomic mass is 16.5. The number of ether oxygens (including phenoxy) is 1. The lowest BCUT2D eigenvalue weighted by molar-refractivity contribution is -0.148. The number of methoxy groups -OCH3 is 1. The normalized spacial score (nSPS) is 26.7. The van der Waals surface area contributed by atoms with Crippen molar-refractivity contribution in [2.24, 2.45) is 5.41 Å². The van der Waals surface area contributed by atoms with Crippen LogP contribution in [0.2, 0.25) is 0 Å². The zero-order chi connectivity index (χ0) is 17.6. The highest BCUT2D eigenvalue weighted by Gasteiger charge is 2.47. The predicted molar refractivity (Wildman–Crippen MR) is 90.3 cm³/mol. The van der Waals surface area contributed by atoms with E-state index in [9.17, 15) is 14.4 Å². The molecular formula is C18H28N2O4. The van der Waals surface area contributed by atoms with Crippen LogP contribution in [0.4, 0.5) is 0 Å². The zero-order valence-corrected chi connectivity index (χ0v) is 14.7. The lowest BCUT2D eigenvalue weighted by Gasteiger charge is -2.36. The lowest BCUT2D eigenvalue weighted by atomic mass is 9.73. The van der Waals surface area contributed by atoms with Crippen molar-refractivity contribution in [3.63, 3.8) is 0 Å². The molecule has 2 aliphatic rings. The first-order valence-corrected chi connectivity index (χ1v) is 8.76. The van der Waals surface area contributed by atoms with Gasteiger partial charge < -0.3 is 15.0 Å². The molecule has 0 spiro atoms. The van der Waals surface area contributed by atoms with E-state index >= 15 is 0 Å². The van der Waals surface area contributed by atoms with E-state index in [4.69, 9.17) is 4.74 Å². The number of allylic oxidation sites excluding steroid dienone is 1. The molecule has 1 fully saturated rings. The molecule has 134 valence electrons. The van der Waals surface area contributed by atoms with E-state index < -0.39 is 5.41 Å². The molecule has 0 bridgehead atoms. The Morgan fingerprint density at radius 2 is 2.25 bits per heavy atom. The van der Waals surface area contributed by atoms with Gasteiger partial charge in [-0.1, -0.05) is 12.2 Å². The van der Waals surface area contributed by atoms with Crippen LogP contribution in [0.3, 0.4) is 0 Å². The summed E-state index contributed by atoms with van der Waals surface area (Å²) in [6.45, 7) is 3.13. The fourth-order valence-corrected chi connectivity index (χ4v) is 3.69. The quantitative estimate of drug-likeness (QED) is 0.434. The van der Waals surface area contributed by atoms with Gasteiger partial charge in [0.25, 0.3) is 0 Å². The van der Waals surface area contributed by atoms with Crippen LogP contribution in [0.15, 0.2) is 12.2 Å². The van der Waals surface area contributed by atoms with Crippen LogP contribution in [-0.2, 0) is 19.1 Å². The molecule has 1 N–H and O–H groups in total. The first kappa shape index (κ1) is 18.6. The summed E-state index contributed by atoms with van der Waals surface area (Å²) in [4.78, 5) is 38.8. The lowest BCUT2D eigenvalue weighted by Crippen LogP contribution is -2.51. The van der Waals surface area contributed by atoms with Gasteiger partial charge in [0.2, 0.25) is 11.8 Å². The molecular weight excluding hydrogens is 308 g/mol. The van der Waals surface area contributed by atoms with Crippen LogP contribution in [0, 0.1) is 5.41 Å². The third-order valence-corrected chi connectivity index (χ3v) is 4.94. The fraction of sp³-hybridized carbons (Fsp3) is 0.722. The van der Waals surface area contributed by atoms with Gasteiger partial charge in [0.05, 0.1) is 12.6 Å². The Morgan fingerprint density at radius 3 is 2.92 bits per heavy atom. The molecule has 6 heteroatoms. The molecule has 0 saturated carbocycles. The number of carbonyl (C=O) groups is 3. The van der Waals surface area contributed by atoms with Gasteiger partial charge in [-0.2, -0.15) is 0 Å². The van der Waals surface area contributed by atoms with Gasteiger partial charge in [0.15, 0.2) is 5.78 Å². The molecule has 2 amide bonds. The van der Waals surface area contributed by atoms with E-state index in [-0.39, 0.29) is 23.6 Å². The highest BCUT2D eigenvalue weighted by Crippen LogP contribution is 2.37. The minimum atomic E-state index is -1.06. The van der Waals surface area contributed by atoms with Gasteiger partial charge >= 0.3 is 0 Å². The molecule has 0 aromatic carbocycles. The third kappa shape index (κ3) is 4.04. The Morgan fingerprint density at radius 1 is 1.46 bits per heavy atom. The van der Waals surface area contributed by atoms with E-state index in [0.717, 1.165) is 12.8 Å². The van der Waals surface area contributed by atoms with Gasteiger partial charge in [0.1, 0.15) is 5.41 Å². The second-order valence-electron chi connectivity index (χ2n) is 6.67. The monoisotopic (exact) mass is 336 g/mol. The number of hydrogen-bond donors (Lipinski definition) is 1. The number of ketones is 1. The van der Waals surface area contributed by atoms with E-state index in [0.29, 0.717) is 45.4 Å². The average Bonchev–Trinajstić information content (AvgIpc) is 3.01. The van der Waals surface area contributed by atoms with Crippen LogP contribution < -0.4 is 5.32 Å². The smallest absolute Gasteiger partial charge is 0.240 e. The Labute approximate surface area is 143 Å². The Bertz CT molecular complexity index is 517. The molecule has 1 aliphatic heterocycles. The predicted octanol–water partition coefficient (Wildman–Crippen LogP) is 1.45. The molecule has 0 aromatic heterocycles. The summed E-state index contributed by atoms with van der Waals surface area (Å²) >= 11 is 0. The molecule has 1 aliphatic carbocycles. The molecule has 1 heterocycles. The SMILES string of the molecule is COC[C@@H]1CCCN1C(=O)[C@]1(CCCNC(C)=O)C=CCCC1=O. The first-order chi connectivity index (χ1) is 11.5. The molecule has 2 rings (SSSR count). The summed E-state index contributed by atoms with van der Waals surface area (Å²) in [5, 5.41) is 2.74. The maximum atomic E-state index is 13.3. The minimum Gasteiger partial charge on any atom is -0.383 e. The van der Waals surface area contributed by atoms with E-state index in [1.165, 1.54) is 6.92 Å². The van der Waals surface area contributed by atoms with Gasteiger partial charge in [-0.15, -0.1) is 0 Å². The largest absolute Gasteiger partial charge is 0.383 e. The summed E-state index contributed by atoms with van der Waals surface area (Å²) in [6, 6.07) is 0.0536. The number of Topliss-reactive ketones (excluding diaryl/α,β-unsaturated/α-hetero) is 1. The standard InChI is InChI=1S/C18H28N2O4/c1-14(21)19-11-6-10-18(9-4-3-8-16(18)22)17(23)20-12-5-7-15(20)13-24-2/h4,9,15H,3,5-8,10-13H2,1-2H3,(H,19,21)/t15-,18-/m0/s1.